The van der Waals surface area contributed by atoms with Crippen LogP contribution in [0.15, 0.2) is 12.1 Å². The number of rotatable bonds is 8. The van der Waals surface area contributed by atoms with E-state index in [0.717, 1.165) is 17.7 Å². The van der Waals surface area contributed by atoms with E-state index in [9.17, 15) is 9.59 Å². The number of likely N-dealkylation sites (N-methyl/N-ethyl adjacent to an activating group) is 1. The number of hydrogen-bond donors (Lipinski definition) is 1. The number of nitrogens with zero attached hydrogens (tertiary/aromatic N) is 1. The van der Waals surface area contributed by atoms with E-state index < -0.39 is 5.97 Å². The minimum atomic E-state index is -0.453. The van der Waals surface area contributed by atoms with Crippen molar-refractivity contribution in [3.63, 3.8) is 0 Å². The summed E-state index contributed by atoms with van der Waals surface area (Å²) in [5.74, 6) is -0.126. The lowest BCUT2D eigenvalue weighted by molar-refractivity contribution is -0.123. The lowest BCUT2D eigenvalue weighted by Crippen LogP contribution is -2.34. The van der Waals surface area contributed by atoms with Gasteiger partial charge in [-0.2, -0.15) is 0 Å². The highest BCUT2D eigenvalue weighted by atomic mass is 16.5. The molecule has 1 rings (SSSR count). The van der Waals surface area contributed by atoms with E-state index in [0.29, 0.717) is 17.9 Å². The van der Waals surface area contributed by atoms with Gasteiger partial charge in [0.2, 0.25) is 0 Å². The molecule has 6 heteroatoms. The maximum Gasteiger partial charge on any atom is 0.341 e. The molecule has 0 aliphatic heterocycles. The molecule has 0 radical (unpaired) electrons. The van der Waals surface area contributed by atoms with Crippen LogP contribution in [0, 0.1) is 6.92 Å². The van der Waals surface area contributed by atoms with Gasteiger partial charge in [-0.05, 0) is 38.1 Å². The Labute approximate surface area is 144 Å². The van der Waals surface area contributed by atoms with Gasteiger partial charge in [-0.3, -0.25) is 4.79 Å². The van der Waals surface area contributed by atoms with Crippen LogP contribution in [-0.2, 0) is 9.53 Å². The molecule has 0 saturated heterocycles. The summed E-state index contributed by atoms with van der Waals surface area (Å²) in [6, 6.07) is 3.79. The van der Waals surface area contributed by atoms with Crippen molar-refractivity contribution < 1.29 is 19.1 Å². The van der Waals surface area contributed by atoms with Crippen LogP contribution >= 0.6 is 0 Å². The third-order valence-corrected chi connectivity index (χ3v) is 3.63. The number of methoxy groups -OCH3 is 1. The predicted molar refractivity (Wildman–Crippen MR) is 93.7 cm³/mol. The Bertz CT molecular complexity index is 583. The Balaban J connectivity index is 2.92. The van der Waals surface area contributed by atoms with E-state index in [1.807, 2.05) is 51.9 Å². The van der Waals surface area contributed by atoms with E-state index >= 15 is 0 Å². The normalized spacial score (nSPS) is 10.8. The van der Waals surface area contributed by atoms with Crippen LogP contribution in [0.1, 0.15) is 41.3 Å². The van der Waals surface area contributed by atoms with Gasteiger partial charge in [0.15, 0.2) is 6.61 Å². The van der Waals surface area contributed by atoms with Gasteiger partial charge in [0.05, 0.1) is 7.11 Å². The summed E-state index contributed by atoms with van der Waals surface area (Å²) in [5.41, 5.74) is 2.03. The first-order chi connectivity index (χ1) is 11.3. The number of ether oxygens (including phenoxy) is 2. The summed E-state index contributed by atoms with van der Waals surface area (Å²) >= 11 is 0. The number of aryl methyl sites for hydroxylation is 1. The standard InChI is InChI=1S/C18H28N2O4/c1-12(2)14-8-7-13(3)17(16(14)18(22)23-6)24-11-15(21)19-9-10-20(4)5/h7-8,12H,9-11H2,1-6H3,(H,19,21). The molecule has 24 heavy (non-hydrogen) atoms. The molecule has 0 saturated carbocycles. The van der Waals surface area contributed by atoms with E-state index in [2.05, 4.69) is 5.32 Å². The fourth-order valence-corrected chi connectivity index (χ4v) is 2.29. The molecule has 0 aliphatic rings. The molecule has 0 atom stereocenters. The fourth-order valence-electron chi connectivity index (χ4n) is 2.29. The largest absolute Gasteiger partial charge is 0.483 e. The third kappa shape index (κ3) is 5.53. The summed E-state index contributed by atoms with van der Waals surface area (Å²) < 4.78 is 10.6. The Morgan fingerprint density at radius 1 is 1.25 bits per heavy atom. The van der Waals surface area contributed by atoms with Gasteiger partial charge in [-0.25, -0.2) is 4.79 Å². The minimum absolute atomic E-state index is 0.135. The Kier molecular flexibility index (Phi) is 7.71. The van der Waals surface area contributed by atoms with Crippen LogP contribution in [-0.4, -0.2) is 57.7 Å². The minimum Gasteiger partial charge on any atom is -0.483 e. The molecule has 0 unspecified atom stereocenters. The molecule has 1 N–H and O–H groups in total. The van der Waals surface area contributed by atoms with Crippen molar-refractivity contribution in [3.05, 3.63) is 28.8 Å². The van der Waals surface area contributed by atoms with Crippen molar-refractivity contribution in [1.82, 2.24) is 10.2 Å². The third-order valence-electron chi connectivity index (χ3n) is 3.63. The van der Waals surface area contributed by atoms with Gasteiger partial charge in [-0.15, -0.1) is 0 Å². The molecule has 0 bridgehead atoms. The van der Waals surface area contributed by atoms with Crippen LogP contribution in [0.4, 0.5) is 0 Å². The predicted octanol–water partition coefficient (Wildman–Crippen LogP) is 1.96. The number of esters is 1. The van der Waals surface area contributed by atoms with Crippen molar-refractivity contribution in [1.29, 1.82) is 0 Å². The number of benzene rings is 1. The van der Waals surface area contributed by atoms with Crippen LogP contribution in [0.25, 0.3) is 0 Å². The first kappa shape index (κ1) is 20.0. The van der Waals surface area contributed by atoms with Crippen molar-refractivity contribution >= 4 is 11.9 Å². The molecule has 0 aliphatic carbocycles. The van der Waals surface area contributed by atoms with Gasteiger partial charge >= 0.3 is 5.97 Å². The van der Waals surface area contributed by atoms with Crippen molar-refractivity contribution in [2.75, 3.05) is 40.9 Å². The highest BCUT2D eigenvalue weighted by Crippen LogP contribution is 2.32. The number of amides is 1. The van der Waals surface area contributed by atoms with E-state index in [4.69, 9.17) is 9.47 Å². The van der Waals surface area contributed by atoms with Gasteiger partial charge in [0, 0.05) is 13.1 Å². The first-order valence-electron chi connectivity index (χ1n) is 8.04. The zero-order chi connectivity index (χ0) is 18.3. The van der Waals surface area contributed by atoms with E-state index in [-0.39, 0.29) is 18.4 Å². The van der Waals surface area contributed by atoms with Gasteiger partial charge < -0.3 is 19.7 Å². The van der Waals surface area contributed by atoms with Gasteiger partial charge in [0.1, 0.15) is 11.3 Å². The smallest absolute Gasteiger partial charge is 0.341 e. The number of nitrogens with one attached hydrogen (secondary N) is 1. The van der Waals surface area contributed by atoms with Crippen LogP contribution in [0.5, 0.6) is 5.75 Å². The average molecular weight is 336 g/mol. The van der Waals surface area contributed by atoms with E-state index in [1.165, 1.54) is 7.11 Å². The number of carbonyl (C=O) groups excluding carboxylic acids is 2. The fraction of sp³-hybridized carbons (Fsp3) is 0.556. The van der Waals surface area contributed by atoms with Crippen molar-refractivity contribution in [2.24, 2.45) is 0 Å². The molecule has 0 aromatic heterocycles. The van der Waals surface area contributed by atoms with Gasteiger partial charge in [0.25, 0.3) is 5.91 Å². The summed E-state index contributed by atoms with van der Waals surface area (Å²) in [7, 11) is 5.21. The average Bonchev–Trinajstić information content (AvgIpc) is 2.51. The zero-order valence-electron chi connectivity index (χ0n) is 15.4. The molecular formula is C18H28N2O4. The van der Waals surface area contributed by atoms with Crippen molar-refractivity contribution in [2.45, 2.75) is 26.7 Å². The van der Waals surface area contributed by atoms with E-state index in [1.54, 1.807) is 0 Å². The summed E-state index contributed by atoms with van der Waals surface area (Å²) in [4.78, 5) is 26.1. The molecule has 1 amide bonds. The second kappa shape index (κ2) is 9.27. The zero-order valence-corrected chi connectivity index (χ0v) is 15.4. The Hall–Kier alpha value is -2.08. The van der Waals surface area contributed by atoms with Crippen molar-refractivity contribution in [3.8, 4) is 5.75 Å². The number of hydrogen-bond acceptors (Lipinski definition) is 5. The SMILES string of the molecule is COC(=O)c1c(C(C)C)ccc(C)c1OCC(=O)NCCN(C)C. The van der Waals surface area contributed by atoms with Gasteiger partial charge in [-0.1, -0.05) is 26.0 Å². The molecule has 1 aromatic rings. The molecule has 1 aromatic carbocycles. The highest BCUT2D eigenvalue weighted by molar-refractivity contribution is 5.95. The monoisotopic (exact) mass is 336 g/mol. The second-order valence-electron chi connectivity index (χ2n) is 6.26. The number of carbonyl (C=O) groups is 2. The summed E-state index contributed by atoms with van der Waals surface area (Å²) in [6.07, 6.45) is 0. The molecule has 6 nitrogen and oxygen atoms in total. The molecule has 134 valence electrons. The maximum atomic E-state index is 12.2. The molecular weight excluding hydrogens is 308 g/mol. The molecule has 0 heterocycles. The van der Waals surface area contributed by atoms with Crippen LogP contribution in [0.3, 0.4) is 0 Å². The summed E-state index contributed by atoms with van der Waals surface area (Å²) in [6.45, 7) is 6.99. The lowest BCUT2D eigenvalue weighted by atomic mass is 9.94. The van der Waals surface area contributed by atoms with Crippen LogP contribution < -0.4 is 10.1 Å². The molecule has 0 spiro atoms. The summed E-state index contributed by atoms with van der Waals surface area (Å²) in [5, 5.41) is 2.78. The maximum absolute atomic E-state index is 12.2. The molecule has 0 fully saturated rings. The topological polar surface area (TPSA) is 67.9 Å². The van der Waals surface area contributed by atoms with Crippen LogP contribution in [0.2, 0.25) is 0 Å². The second-order valence-corrected chi connectivity index (χ2v) is 6.26. The Morgan fingerprint density at radius 2 is 1.92 bits per heavy atom. The lowest BCUT2D eigenvalue weighted by Gasteiger charge is -2.18. The quantitative estimate of drug-likeness (QED) is 0.735. The Morgan fingerprint density at radius 3 is 2.46 bits per heavy atom. The highest BCUT2D eigenvalue weighted by Gasteiger charge is 2.22. The first-order valence-corrected chi connectivity index (χ1v) is 8.04.